The summed E-state index contributed by atoms with van der Waals surface area (Å²) in [4.78, 5) is 12.4. The van der Waals surface area contributed by atoms with Crippen LogP contribution in [-0.4, -0.2) is 25.9 Å². The molecule has 0 saturated heterocycles. The van der Waals surface area contributed by atoms with Gasteiger partial charge in [-0.1, -0.05) is 23.4 Å². The molecule has 3 rings (SSSR count). The topological polar surface area (TPSA) is 73.0 Å². The molecule has 1 atom stereocenters. The van der Waals surface area contributed by atoms with Crippen LogP contribution in [0.2, 0.25) is 5.02 Å². The summed E-state index contributed by atoms with van der Waals surface area (Å²) in [5.41, 5.74) is -1.01. The predicted octanol–water partition coefficient (Wildman–Crippen LogP) is 4.87. The van der Waals surface area contributed by atoms with Crippen molar-refractivity contribution >= 4 is 35.0 Å². The van der Waals surface area contributed by atoms with Gasteiger partial charge >= 0.3 is 6.18 Å². The van der Waals surface area contributed by atoms with Crippen LogP contribution >= 0.6 is 23.4 Å². The molecule has 148 valence electrons. The van der Waals surface area contributed by atoms with Gasteiger partial charge in [0.25, 0.3) is 0 Å². The number of furan rings is 1. The highest BCUT2D eigenvalue weighted by Crippen LogP contribution is 2.34. The summed E-state index contributed by atoms with van der Waals surface area (Å²) in [6.07, 6.45) is -3.03. The molecule has 28 heavy (non-hydrogen) atoms. The maximum absolute atomic E-state index is 12.9. The highest BCUT2D eigenvalue weighted by atomic mass is 35.5. The number of halogens is 4. The Kier molecular flexibility index (Phi) is 5.71. The first-order valence-corrected chi connectivity index (χ1v) is 9.20. The highest BCUT2D eigenvalue weighted by Gasteiger charge is 2.31. The molecule has 1 amide bonds. The Morgan fingerprint density at radius 1 is 1.32 bits per heavy atom. The summed E-state index contributed by atoms with van der Waals surface area (Å²) in [5, 5.41) is 10.3. The lowest BCUT2D eigenvalue weighted by Crippen LogP contribution is -2.23. The number of hydrogen-bond acceptors (Lipinski definition) is 5. The van der Waals surface area contributed by atoms with E-state index in [9.17, 15) is 18.0 Å². The van der Waals surface area contributed by atoms with E-state index in [0.717, 1.165) is 30.0 Å². The van der Waals surface area contributed by atoms with Crippen molar-refractivity contribution in [1.29, 1.82) is 0 Å². The molecular weight excluding hydrogens is 417 g/mol. The van der Waals surface area contributed by atoms with Crippen molar-refractivity contribution in [2.24, 2.45) is 7.05 Å². The minimum Gasteiger partial charge on any atom is -0.461 e. The van der Waals surface area contributed by atoms with Crippen LogP contribution in [-0.2, 0) is 18.0 Å². The fourth-order valence-corrected chi connectivity index (χ4v) is 3.26. The molecule has 0 aliphatic rings. The van der Waals surface area contributed by atoms with E-state index in [1.54, 1.807) is 30.7 Å². The van der Waals surface area contributed by atoms with Crippen LogP contribution in [0, 0.1) is 0 Å². The Bertz CT molecular complexity index is 989. The SMILES string of the molecule is C[C@@H](Sc1nnc(-c2ccco2)n1C)C(=O)Nc1cc(C(F)(F)F)ccc1Cl. The predicted molar refractivity (Wildman–Crippen MR) is 99.1 cm³/mol. The van der Waals surface area contributed by atoms with Gasteiger partial charge in [-0.2, -0.15) is 13.2 Å². The third-order valence-corrected chi connectivity index (χ3v) is 5.24. The molecular formula is C17H14ClF3N4O2S. The van der Waals surface area contributed by atoms with Crippen LogP contribution in [0.1, 0.15) is 12.5 Å². The Labute approximate surface area is 167 Å². The quantitative estimate of drug-likeness (QED) is 0.585. The smallest absolute Gasteiger partial charge is 0.416 e. The van der Waals surface area contributed by atoms with Crippen LogP contribution in [0.15, 0.2) is 46.2 Å². The normalized spacial score (nSPS) is 12.8. The zero-order valence-electron chi connectivity index (χ0n) is 14.6. The largest absolute Gasteiger partial charge is 0.461 e. The van der Waals surface area contributed by atoms with E-state index < -0.39 is 22.9 Å². The van der Waals surface area contributed by atoms with Crippen LogP contribution in [0.4, 0.5) is 18.9 Å². The summed E-state index contributed by atoms with van der Waals surface area (Å²) < 4.78 is 45.5. The third kappa shape index (κ3) is 4.33. The molecule has 1 aromatic carbocycles. The van der Waals surface area contributed by atoms with E-state index in [0.29, 0.717) is 16.7 Å². The van der Waals surface area contributed by atoms with E-state index in [2.05, 4.69) is 15.5 Å². The first kappa shape index (κ1) is 20.3. The van der Waals surface area contributed by atoms with Gasteiger partial charge in [-0.15, -0.1) is 10.2 Å². The van der Waals surface area contributed by atoms with Gasteiger partial charge in [-0.25, -0.2) is 0 Å². The number of amides is 1. The minimum absolute atomic E-state index is 0.0114. The molecule has 0 aliphatic carbocycles. The van der Waals surface area contributed by atoms with Crippen molar-refractivity contribution < 1.29 is 22.4 Å². The summed E-state index contributed by atoms with van der Waals surface area (Å²) in [5.74, 6) is 0.490. The fourth-order valence-electron chi connectivity index (χ4n) is 2.28. The van der Waals surface area contributed by atoms with Gasteiger partial charge in [0, 0.05) is 7.05 Å². The molecule has 0 unspecified atom stereocenters. The third-order valence-electron chi connectivity index (χ3n) is 3.78. The molecule has 0 bridgehead atoms. The van der Waals surface area contributed by atoms with E-state index in [4.69, 9.17) is 16.0 Å². The maximum Gasteiger partial charge on any atom is 0.416 e. The lowest BCUT2D eigenvalue weighted by molar-refractivity contribution is -0.137. The maximum atomic E-state index is 12.9. The van der Waals surface area contributed by atoms with Crippen molar-refractivity contribution in [3.05, 3.63) is 47.2 Å². The Morgan fingerprint density at radius 2 is 2.07 bits per heavy atom. The molecule has 2 aromatic heterocycles. The second-order valence-electron chi connectivity index (χ2n) is 5.78. The number of carbonyl (C=O) groups excluding carboxylic acids is 1. The first-order chi connectivity index (χ1) is 13.2. The second kappa shape index (κ2) is 7.88. The van der Waals surface area contributed by atoms with Gasteiger partial charge in [0.1, 0.15) is 0 Å². The van der Waals surface area contributed by atoms with Gasteiger partial charge in [0.2, 0.25) is 5.91 Å². The number of rotatable bonds is 5. The van der Waals surface area contributed by atoms with Crippen LogP contribution < -0.4 is 5.32 Å². The summed E-state index contributed by atoms with van der Waals surface area (Å²) in [6.45, 7) is 1.60. The summed E-state index contributed by atoms with van der Waals surface area (Å²) >= 11 is 7.02. The molecule has 3 aromatic rings. The average molecular weight is 431 g/mol. The van der Waals surface area contributed by atoms with E-state index in [1.165, 1.54) is 6.26 Å². The Morgan fingerprint density at radius 3 is 2.71 bits per heavy atom. The minimum atomic E-state index is -4.54. The number of benzene rings is 1. The number of nitrogens with one attached hydrogen (secondary N) is 1. The van der Waals surface area contributed by atoms with Crippen molar-refractivity contribution in [2.75, 3.05) is 5.32 Å². The zero-order chi connectivity index (χ0) is 20.5. The van der Waals surface area contributed by atoms with E-state index in [1.807, 2.05) is 0 Å². The van der Waals surface area contributed by atoms with Crippen LogP contribution in [0.25, 0.3) is 11.6 Å². The van der Waals surface area contributed by atoms with Crippen LogP contribution in [0.3, 0.4) is 0 Å². The Hall–Kier alpha value is -2.46. The number of hydrogen-bond donors (Lipinski definition) is 1. The molecule has 11 heteroatoms. The van der Waals surface area contributed by atoms with E-state index in [-0.39, 0.29) is 10.7 Å². The molecule has 0 fully saturated rings. The van der Waals surface area contributed by atoms with Gasteiger partial charge in [-0.3, -0.25) is 4.79 Å². The second-order valence-corrected chi connectivity index (χ2v) is 7.50. The number of aromatic nitrogens is 3. The standard InChI is InChI=1S/C17H14ClF3N4O2S/c1-9(28-16-24-23-14(25(16)2)13-4-3-7-27-13)15(26)22-12-8-10(17(19,20)21)5-6-11(12)18/h3-9H,1-2H3,(H,22,26)/t9-/m1/s1. The first-order valence-electron chi connectivity index (χ1n) is 7.94. The van der Waals surface area contributed by atoms with Gasteiger partial charge in [0.15, 0.2) is 16.7 Å². The molecule has 0 spiro atoms. The number of carbonyl (C=O) groups is 1. The van der Waals surface area contributed by atoms with Crippen molar-refractivity contribution in [3.63, 3.8) is 0 Å². The average Bonchev–Trinajstić information content (AvgIpc) is 3.26. The lowest BCUT2D eigenvalue weighted by Gasteiger charge is -2.14. The summed E-state index contributed by atoms with van der Waals surface area (Å²) in [6, 6.07) is 6.19. The number of anilines is 1. The molecule has 0 saturated carbocycles. The van der Waals surface area contributed by atoms with Crippen LogP contribution in [0.5, 0.6) is 0 Å². The summed E-state index contributed by atoms with van der Waals surface area (Å²) in [7, 11) is 1.72. The molecule has 2 heterocycles. The molecule has 1 N–H and O–H groups in total. The lowest BCUT2D eigenvalue weighted by atomic mass is 10.2. The number of alkyl halides is 3. The Balaban J connectivity index is 1.72. The van der Waals surface area contributed by atoms with Crippen molar-refractivity contribution in [3.8, 4) is 11.6 Å². The molecule has 6 nitrogen and oxygen atoms in total. The zero-order valence-corrected chi connectivity index (χ0v) is 16.2. The highest BCUT2D eigenvalue weighted by molar-refractivity contribution is 8.00. The molecule has 0 aliphatic heterocycles. The van der Waals surface area contributed by atoms with Gasteiger partial charge in [-0.05, 0) is 37.3 Å². The van der Waals surface area contributed by atoms with Crippen molar-refractivity contribution in [1.82, 2.24) is 14.8 Å². The fraction of sp³-hybridized carbons (Fsp3) is 0.235. The number of nitrogens with zero attached hydrogens (tertiary/aromatic N) is 3. The molecule has 0 radical (unpaired) electrons. The van der Waals surface area contributed by atoms with Gasteiger partial charge < -0.3 is 14.3 Å². The monoisotopic (exact) mass is 430 g/mol. The van der Waals surface area contributed by atoms with Crippen molar-refractivity contribution in [2.45, 2.75) is 23.5 Å². The number of thioether (sulfide) groups is 1. The van der Waals surface area contributed by atoms with Gasteiger partial charge in [0.05, 0.1) is 27.8 Å². The van der Waals surface area contributed by atoms with E-state index >= 15 is 0 Å².